The number of amides is 1. The van der Waals surface area contributed by atoms with Gasteiger partial charge in [0, 0.05) is 42.6 Å². The number of hydrogen-bond acceptors (Lipinski definition) is 5. The molecule has 0 saturated carbocycles. The topological polar surface area (TPSA) is 59.1 Å². The van der Waals surface area contributed by atoms with E-state index in [1.165, 1.54) is 19.2 Å². The number of alkyl halides is 3. The lowest BCUT2D eigenvalue weighted by molar-refractivity contribution is -0.138. The molecule has 0 aromatic heterocycles. The van der Waals surface area contributed by atoms with Crippen LogP contribution in [0, 0.1) is 0 Å². The van der Waals surface area contributed by atoms with Gasteiger partial charge in [0.15, 0.2) is 0 Å². The standard InChI is InChI=1S/C23H22BrF3N2O4/c1-32-20(30)16-3-5-17(6-4-16)29-14-22(33-21(29)31)8-10-28(11-9-22)13-15-2-7-18(19(24)12-15)23(25,26)27/h2-7,12H,8-11,13-14H2,1H3. The minimum atomic E-state index is -4.40. The summed E-state index contributed by atoms with van der Waals surface area (Å²) in [6.07, 6.45) is -3.58. The summed E-state index contributed by atoms with van der Waals surface area (Å²) in [7, 11) is 1.31. The Labute approximate surface area is 197 Å². The van der Waals surface area contributed by atoms with E-state index in [1.807, 2.05) is 0 Å². The van der Waals surface area contributed by atoms with Crippen LogP contribution < -0.4 is 4.90 Å². The third-order valence-electron chi connectivity index (χ3n) is 6.08. The van der Waals surface area contributed by atoms with Crippen molar-refractivity contribution < 1.29 is 32.2 Å². The number of piperidine rings is 1. The van der Waals surface area contributed by atoms with Gasteiger partial charge in [0.05, 0.1) is 24.8 Å². The summed E-state index contributed by atoms with van der Waals surface area (Å²) in [6.45, 7) is 2.23. The number of esters is 1. The fourth-order valence-electron chi connectivity index (χ4n) is 4.24. The molecule has 10 heteroatoms. The lowest BCUT2D eigenvalue weighted by Crippen LogP contribution is -2.46. The van der Waals surface area contributed by atoms with E-state index in [9.17, 15) is 22.8 Å². The fourth-order valence-corrected chi connectivity index (χ4v) is 4.89. The van der Waals surface area contributed by atoms with Crippen LogP contribution in [0.3, 0.4) is 0 Å². The lowest BCUT2D eigenvalue weighted by atomic mass is 9.91. The molecule has 2 aromatic carbocycles. The van der Waals surface area contributed by atoms with E-state index in [1.54, 1.807) is 29.2 Å². The highest BCUT2D eigenvalue weighted by Crippen LogP contribution is 2.37. The first-order valence-corrected chi connectivity index (χ1v) is 11.2. The summed E-state index contributed by atoms with van der Waals surface area (Å²) in [6, 6.07) is 10.7. The highest BCUT2D eigenvalue weighted by atomic mass is 79.9. The number of rotatable bonds is 4. The Hall–Kier alpha value is -2.59. The number of carbonyl (C=O) groups excluding carboxylic acids is 2. The molecule has 0 N–H and O–H groups in total. The van der Waals surface area contributed by atoms with E-state index in [-0.39, 0.29) is 4.47 Å². The first-order valence-electron chi connectivity index (χ1n) is 10.4. The summed E-state index contributed by atoms with van der Waals surface area (Å²) < 4.78 is 49.4. The lowest BCUT2D eigenvalue weighted by Gasteiger charge is -2.37. The van der Waals surface area contributed by atoms with Crippen molar-refractivity contribution in [3.8, 4) is 0 Å². The first-order chi connectivity index (χ1) is 15.6. The number of methoxy groups -OCH3 is 1. The Morgan fingerprint density at radius 3 is 2.39 bits per heavy atom. The second-order valence-corrected chi connectivity index (χ2v) is 9.12. The monoisotopic (exact) mass is 526 g/mol. The van der Waals surface area contributed by atoms with Gasteiger partial charge in [-0.3, -0.25) is 9.80 Å². The van der Waals surface area contributed by atoms with Crippen LogP contribution in [0.4, 0.5) is 23.7 Å². The molecule has 0 bridgehead atoms. The summed E-state index contributed by atoms with van der Waals surface area (Å²) in [4.78, 5) is 27.9. The second-order valence-electron chi connectivity index (χ2n) is 8.26. The van der Waals surface area contributed by atoms with Gasteiger partial charge in [-0.25, -0.2) is 9.59 Å². The zero-order chi connectivity index (χ0) is 23.8. The Bertz CT molecular complexity index is 1050. The number of carbonyl (C=O) groups is 2. The Morgan fingerprint density at radius 1 is 1.15 bits per heavy atom. The molecule has 0 atom stereocenters. The highest BCUT2D eigenvalue weighted by molar-refractivity contribution is 9.10. The normalized spacial score (nSPS) is 18.5. The molecule has 0 radical (unpaired) electrons. The van der Waals surface area contributed by atoms with E-state index < -0.39 is 29.4 Å². The van der Waals surface area contributed by atoms with Gasteiger partial charge in [0.25, 0.3) is 0 Å². The smallest absolute Gasteiger partial charge is 0.417 e. The molecule has 6 nitrogen and oxygen atoms in total. The van der Waals surface area contributed by atoms with Gasteiger partial charge in [0.1, 0.15) is 5.60 Å². The van der Waals surface area contributed by atoms with Crippen molar-refractivity contribution in [2.45, 2.75) is 31.2 Å². The van der Waals surface area contributed by atoms with E-state index in [0.29, 0.717) is 50.3 Å². The molecule has 0 unspecified atom stereocenters. The maximum absolute atomic E-state index is 13.0. The SMILES string of the molecule is COC(=O)c1ccc(N2CC3(CCN(Cc4ccc(C(F)(F)F)c(Br)c4)CC3)OC2=O)cc1. The third-order valence-corrected chi connectivity index (χ3v) is 6.74. The molecule has 0 aliphatic carbocycles. The Balaban J connectivity index is 1.37. The van der Waals surface area contributed by atoms with Crippen LogP contribution in [0.2, 0.25) is 0 Å². The average Bonchev–Trinajstić information content (AvgIpc) is 3.10. The van der Waals surface area contributed by atoms with E-state index in [4.69, 9.17) is 9.47 Å². The van der Waals surface area contributed by atoms with Crippen LogP contribution in [-0.4, -0.2) is 49.3 Å². The molecule has 33 heavy (non-hydrogen) atoms. The number of nitrogens with zero attached hydrogens (tertiary/aromatic N) is 2. The Morgan fingerprint density at radius 2 is 1.82 bits per heavy atom. The molecule has 2 heterocycles. The summed E-state index contributed by atoms with van der Waals surface area (Å²) >= 11 is 3.02. The molecule has 1 spiro atoms. The number of ether oxygens (including phenoxy) is 2. The molecule has 4 rings (SSSR count). The maximum atomic E-state index is 13.0. The van der Waals surface area contributed by atoms with Gasteiger partial charge in [-0.15, -0.1) is 0 Å². The molecule has 2 aromatic rings. The largest absolute Gasteiger partial charge is 0.465 e. The van der Waals surface area contributed by atoms with Gasteiger partial charge >= 0.3 is 18.2 Å². The zero-order valence-corrected chi connectivity index (χ0v) is 19.4. The minimum Gasteiger partial charge on any atom is -0.465 e. The third kappa shape index (κ3) is 5.01. The minimum absolute atomic E-state index is 0.0274. The average molecular weight is 527 g/mol. The van der Waals surface area contributed by atoms with Crippen LogP contribution in [0.15, 0.2) is 46.9 Å². The number of benzene rings is 2. The predicted octanol–water partition coefficient (Wildman–Crippen LogP) is 5.25. The molecule has 1 amide bonds. The van der Waals surface area contributed by atoms with Crippen LogP contribution in [-0.2, 0) is 22.2 Å². The van der Waals surface area contributed by atoms with Gasteiger partial charge in [-0.1, -0.05) is 22.0 Å². The van der Waals surface area contributed by atoms with Crippen molar-refractivity contribution in [3.05, 3.63) is 63.6 Å². The van der Waals surface area contributed by atoms with Crippen molar-refractivity contribution in [1.82, 2.24) is 4.90 Å². The molecular formula is C23H22BrF3N2O4. The first kappa shape index (κ1) is 23.6. The van der Waals surface area contributed by atoms with Gasteiger partial charge < -0.3 is 9.47 Å². The molecule has 176 valence electrons. The summed E-state index contributed by atoms with van der Waals surface area (Å²) in [5.74, 6) is -0.450. The number of hydrogen-bond donors (Lipinski definition) is 0. The van der Waals surface area contributed by atoms with Crippen molar-refractivity contribution in [3.63, 3.8) is 0 Å². The molecule has 2 aliphatic rings. The van der Waals surface area contributed by atoms with Gasteiger partial charge in [-0.05, 0) is 42.0 Å². The highest BCUT2D eigenvalue weighted by Gasteiger charge is 2.47. The molecule has 2 aliphatic heterocycles. The van der Waals surface area contributed by atoms with Gasteiger partial charge in [-0.2, -0.15) is 13.2 Å². The Kier molecular flexibility index (Phi) is 6.41. The summed E-state index contributed by atoms with van der Waals surface area (Å²) in [5, 5.41) is 0. The zero-order valence-electron chi connectivity index (χ0n) is 17.8. The second kappa shape index (κ2) is 8.98. The van der Waals surface area contributed by atoms with Gasteiger partial charge in [0.2, 0.25) is 0 Å². The van der Waals surface area contributed by atoms with Crippen LogP contribution in [0.25, 0.3) is 0 Å². The fraction of sp³-hybridized carbons (Fsp3) is 0.391. The van der Waals surface area contributed by atoms with Crippen LogP contribution in [0.5, 0.6) is 0 Å². The van der Waals surface area contributed by atoms with Crippen LogP contribution in [0.1, 0.15) is 34.3 Å². The van der Waals surface area contributed by atoms with E-state index in [0.717, 1.165) is 11.6 Å². The van der Waals surface area contributed by atoms with Crippen molar-refractivity contribution in [1.29, 1.82) is 0 Å². The molecule has 2 saturated heterocycles. The quantitative estimate of drug-likeness (QED) is 0.509. The predicted molar refractivity (Wildman–Crippen MR) is 118 cm³/mol. The van der Waals surface area contributed by atoms with E-state index in [2.05, 4.69) is 20.8 Å². The summed E-state index contributed by atoms with van der Waals surface area (Å²) in [5.41, 5.74) is 0.520. The number of halogens is 4. The maximum Gasteiger partial charge on any atom is 0.417 e. The van der Waals surface area contributed by atoms with Crippen molar-refractivity contribution in [2.24, 2.45) is 0 Å². The van der Waals surface area contributed by atoms with Crippen LogP contribution >= 0.6 is 15.9 Å². The molecule has 2 fully saturated rings. The van der Waals surface area contributed by atoms with Crippen molar-refractivity contribution in [2.75, 3.05) is 31.6 Å². The van der Waals surface area contributed by atoms with Crippen molar-refractivity contribution >= 4 is 33.7 Å². The molecular weight excluding hydrogens is 505 g/mol. The number of likely N-dealkylation sites (tertiary alicyclic amines) is 1. The number of anilines is 1. The van der Waals surface area contributed by atoms with E-state index >= 15 is 0 Å².